The Morgan fingerprint density at radius 1 is 1.25 bits per heavy atom. The van der Waals surface area contributed by atoms with Crippen molar-refractivity contribution in [3.63, 3.8) is 0 Å². The van der Waals surface area contributed by atoms with Crippen LogP contribution in [0.2, 0.25) is 0 Å². The third-order valence-corrected chi connectivity index (χ3v) is 2.02. The molecular weight excluding hydrogens is 152 g/mol. The molecule has 0 amide bonds. The van der Waals surface area contributed by atoms with Crippen LogP contribution in [0.15, 0.2) is 0 Å². The maximum Gasteiger partial charge on any atom is 0.0599 e. The predicted molar refractivity (Wildman–Crippen MR) is 52.1 cm³/mol. The van der Waals surface area contributed by atoms with E-state index < -0.39 is 0 Å². The Hall–Kier alpha value is -0.120. The van der Waals surface area contributed by atoms with Crippen LogP contribution in [0.1, 0.15) is 26.7 Å². The number of rotatable bonds is 7. The van der Waals surface area contributed by atoms with Crippen LogP contribution < -0.4 is 5.73 Å². The fraction of sp³-hybridized carbons (Fsp3) is 1.00. The smallest absolute Gasteiger partial charge is 0.0599 e. The van der Waals surface area contributed by atoms with E-state index in [1.54, 1.807) is 0 Å². The van der Waals surface area contributed by atoms with E-state index in [0.717, 1.165) is 25.9 Å². The van der Waals surface area contributed by atoms with E-state index in [0.29, 0.717) is 6.54 Å². The molecule has 0 saturated heterocycles. The minimum Gasteiger partial charge on any atom is -0.395 e. The quantitative estimate of drug-likeness (QED) is 0.588. The van der Waals surface area contributed by atoms with Crippen LogP contribution in [-0.2, 0) is 0 Å². The summed E-state index contributed by atoms with van der Waals surface area (Å²) in [5, 5.41) is 9.03. The molecule has 0 aromatic carbocycles. The van der Waals surface area contributed by atoms with Gasteiger partial charge in [0, 0.05) is 12.6 Å². The number of nitrogens with two attached hydrogens (primary N) is 1. The lowest BCUT2D eigenvalue weighted by molar-refractivity contribution is 0.127. The second kappa shape index (κ2) is 7.53. The van der Waals surface area contributed by atoms with Crippen molar-refractivity contribution in [1.29, 1.82) is 0 Å². The van der Waals surface area contributed by atoms with E-state index in [2.05, 4.69) is 18.7 Å². The topological polar surface area (TPSA) is 49.5 Å². The minimum absolute atomic E-state index is 0.157. The third kappa shape index (κ3) is 4.04. The van der Waals surface area contributed by atoms with Crippen molar-refractivity contribution in [2.45, 2.75) is 32.7 Å². The fourth-order valence-electron chi connectivity index (χ4n) is 1.39. The molecule has 0 heterocycles. The van der Waals surface area contributed by atoms with E-state index in [4.69, 9.17) is 10.8 Å². The Labute approximate surface area is 75.6 Å². The summed E-state index contributed by atoms with van der Waals surface area (Å²) in [6.07, 6.45) is 2.24. The lowest BCUT2D eigenvalue weighted by Crippen LogP contribution is -2.43. The maximum atomic E-state index is 9.03. The number of aliphatic hydroxyl groups is 1. The van der Waals surface area contributed by atoms with Gasteiger partial charge in [-0.2, -0.15) is 0 Å². The zero-order chi connectivity index (χ0) is 9.40. The number of aliphatic hydroxyl groups excluding tert-OH is 1. The van der Waals surface area contributed by atoms with Gasteiger partial charge in [-0.3, -0.25) is 4.90 Å². The highest BCUT2D eigenvalue weighted by molar-refractivity contribution is 4.70. The van der Waals surface area contributed by atoms with Gasteiger partial charge in [0.1, 0.15) is 0 Å². The summed E-state index contributed by atoms with van der Waals surface area (Å²) in [5.41, 5.74) is 5.54. The van der Waals surface area contributed by atoms with Crippen molar-refractivity contribution in [2.75, 3.05) is 26.2 Å². The van der Waals surface area contributed by atoms with Crippen LogP contribution >= 0.6 is 0 Å². The molecule has 74 valence electrons. The van der Waals surface area contributed by atoms with Gasteiger partial charge >= 0.3 is 0 Å². The molecule has 0 rings (SSSR count). The molecule has 12 heavy (non-hydrogen) atoms. The van der Waals surface area contributed by atoms with Crippen molar-refractivity contribution in [2.24, 2.45) is 5.73 Å². The molecule has 0 aliphatic rings. The van der Waals surface area contributed by atoms with Crippen LogP contribution in [0, 0.1) is 0 Å². The molecule has 0 fully saturated rings. The summed E-state index contributed by atoms with van der Waals surface area (Å²) in [7, 11) is 0. The summed E-state index contributed by atoms with van der Waals surface area (Å²) >= 11 is 0. The summed E-state index contributed by atoms with van der Waals surface area (Å²) in [4.78, 5) is 2.26. The highest BCUT2D eigenvalue weighted by atomic mass is 16.3. The highest BCUT2D eigenvalue weighted by Gasteiger charge is 2.13. The van der Waals surface area contributed by atoms with Crippen LogP contribution in [0.4, 0.5) is 0 Å². The lowest BCUT2D eigenvalue weighted by atomic mass is 10.2. The molecule has 0 bridgehead atoms. The first-order valence-electron chi connectivity index (χ1n) is 4.85. The van der Waals surface area contributed by atoms with Gasteiger partial charge in [0.25, 0.3) is 0 Å². The normalized spacial score (nSPS) is 13.8. The van der Waals surface area contributed by atoms with E-state index in [1.165, 1.54) is 0 Å². The summed E-state index contributed by atoms with van der Waals surface area (Å²) < 4.78 is 0. The molecule has 1 atom stereocenters. The average Bonchev–Trinajstić information content (AvgIpc) is 2.07. The summed E-state index contributed by atoms with van der Waals surface area (Å²) in [6, 6.07) is 0.157. The zero-order valence-electron chi connectivity index (χ0n) is 8.29. The van der Waals surface area contributed by atoms with Crippen LogP contribution in [0.3, 0.4) is 0 Å². The molecule has 0 radical (unpaired) electrons. The van der Waals surface area contributed by atoms with E-state index in [9.17, 15) is 0 Å². The van der Waals surface area contributed by atoms with Crippen molar-refractivity contribution < 1.29 is 5.11 Å². The van der Waals surface area contributed by atoms with Crippen molar-refractivity contribution in [1.82, 2.24) is 4.90 Å². The molecular formula is C9H22N2O. The Kier molecular flexibility index (Phi) is 7.45. The van der Waals surface area contributed by atoms with Gasteiger partial charge in [0.15, 0.2) is 0 Å². The Bertz CT molecular complexity index is 88.5. The lowest BCUT2D eigenvalue weighted by Gasteiger charge is -2.28. The van der Waals surface area contributed by atoms with E-state index in [1.807, 2.05) is 0 Å². The molecule has 0 aliphatic carbocycles. The van der Waals surface area contributed by atoms with Crippen LogP contribution in [-0.4, -0.2) is 42.3 Å². The molecule has 1 unspecified atom stereocenters. The Morgan fingerprint density at radius 2 is 1.75 bits per heavy atom. The molecule has 0 aliphatic heterocycles. The second-order valence-corrected chi connectivity index (χ2v) is 3.11. The van der Waals surface area contributed by atoms with Gasteiger partial charge in [0.05, 0.1) is 6.61 Å². The Balaban J connectivity index is 3.86. The molecule has 3 heteroatoms. The highest BCUT2D eigenvalue weighted by Crippen LogP contribution is 2.00. The fourth-order valence-corrected chi connectivity index (χ4v) is 1.39. The van der Waals surface area contributed by atoms with Gasteiger partial charge in [-0.15, -0.1) is 0 Å². The summed E-state index contributed by atoms with van der Waals surface area (Å²) in [6.45, 7) is 7.10. The van der Waals surface area contributed by atoms with E-state index in [-0.39, 0.29) is 12.6 Å². The summed E-state index contributed by atoms with van der Waals surface area (Å²) in [5.74, 6) is 0. The second-order valence-electron chi connectivity index (χ2n) is 3.11. The van der Waals surface area contributed by atoms with Gasteiger partial charge in [-0.1, -0.05) is 13.8 Å². The van der Waals surface area contributed by atoms with Gasteiger partial charge in [-0.05, 0) is 25.9 Å². The molecule has 0 aromatic rings. The SMILES string of the molecule is CCCN(CCC)C(CN)CO. The van der Waals surface area contributed by atoms with Crippen LogP contribution in [0.25, 0.3) is 0 Å². The first-order chi connectivity index (χ1) is 5.79. The molecule has 0 spiro atoms. The van der Waals surface area contributed by atoms with Crippen molar-refractivity contribution in [3.8, 4) is 0 Å². The molecule has 0 aromatic heterocycles. The third-order valence-electron chi connectivity index (χ3n) is 2.02. The monoisotopic (exact) mass is 174 g/mol. The van der Waals surface area contributed by atoms with Gasteiger partial charge < -0.3 is 10.8 Å². The first-order valence-corrected chi connectivity index (χ1v) is 4.85. The molecule has 0 saturated carbocycles. The maximum absolute atomic E-state index is 9.03. The Morgan fingerprint density at radius 3 is 2.00 bits per heavy atom. The minimum atomic E-state index is 0.157. The van der Waals surface area contributed by atoms with Crippen molar-refractivity contribution in [3.05, 3.63) is 0 Å². The number of hydrogen-bond acceptors (Lipinski definition) is 3. The van der Waals surface area contributed by atoms with Gasteiger partial charge in [-0.25, -0.2) is 0 Å². The zero-order valence-corrected chi connectivity index (χ0v) is 8.29. The largest absolute Gasteiger partial charge is 0.395 e. The number of nitrogens with zero attached hydrogens (tertiary/aromatic N) is 1. The molecule has 3 N–H and O–H groups in total. The average molecular weight is 174 g/mol. The van der Waals surface area contributed by atoms with Crippen LogP contribution in [0.5, 0.6) is 0 Å². The standard InChI is InChI=1S/C9H22N2O/c1-3-5-11(6-4-2)9(7-10)8-12/h9,12H,3-8,10H2,1-2H3. The van der Waals surface area contributed by atoms with E-state index >= 15 is 0 Å². The predicted octanol–water partition coefficient (Wildman–Crippen LogP) is 0.428. The molecule has 3 nitrogen and oxygen atoms in total. The number of hydrogen-bond donors (Lipinski definition) is 2. The van der Waals surface area contributed by atoms with Crippen molar-refractivity contribution >= 4 is 0 Å². The van der Waals surface area contributed by atoms with Gasteiger partial charge in [0.2, 0.25) is 0 Å². The first kappa shape index (κ1) is 11.9.